The molecule has 5 heteroatoms. The van der Waals surface area contributed by atoms with Gasteiger partial charge in [-0.1, -0.05) is 28.1 Å². The molecule has 1 heterocycles. The lowest BCUT2D eigenvalue weighted by Gasteiger charge is -2.09. The first-order chi connectivity index (χ1) is 8.49. The monoisotopic (exact) mass is 310 g/mol. The number of aromatic carboxylic acids is 1. The molecule has 2 aromatic rings. The van der Waals surface area contributed by atoms with E-state index in [9.17, 15) is 9.90 Å². The third kappa shape index (κ3) is 2.47. The van der Waals surface area contributed by atoms with Gasteiger partial charge in [-0.2, -0.15) is 0 Å². The van der Waals surface area contributed by atoms with Crippen LogP contribution in [0.2, 0.25) is 0 Å². The second-order valence-corrected chi connectivity index (χ2v) is 4.77. The summed E-state index contributed by atoms with van der Waals surface area (Å²) in [5.41, 5.74) is 1.69. The molecule has 0 saturated heterocycles. The van der Waals surface area contributed by atoms with Gasteiger partial charge in [0.25, 0.3) is 0 Å². The first-order valence-electron chi connectivity index (χ1n) is 5.26. The van der Waals surface area contributed by atoms with Crippen LogP contribution in [-0.4, -0.2) is 16.2 Å². The van der Waals surface area contributed by atoms with Gasteiger partial charge in [0.05, 0.1) is 0 Å². The smallest absolute Gasteiger partial charge is 0.371 e. The maximum absolute atomic E-state index is 10.7. The summed E-state index contributed by atoms with van der Waals surface area (Å²) in [4.78, 5) is 10.7. The van der Waals surface area contributed by atoms with Gasteiger partial charge in [-0.05, 0) is 36.2 Å². The number of hydrogen-bond acceptors (Lipinski definition) is 3. The number of carboxylic acids is 1. The Morgan fingerprint density at radius 2 is 2.06 bits per heavy atom. The van der Waals surface area contributed by atoms with Crippen LogP contribution >= 0.6 is 15.9 Å². The Morgan fingerprint density at radius 3 is 2.61 bits per heavy atom. The number of carbonyl (C=O) groups is 1. The fourth-order valence-corrected chi connectivity index (χ4v) is 1.95. The number of aryl methyl sites for hydroxylation is 1. The van der Waals surface area contributed by atoms with Gasteiger partial charge >= 0.3 is 5.97 Å². The number of benzene rings is 1. The van der Waals surface area contributed by atoms with E-state index in [0.29, 0.717) is 5.56 Å². The van der Waals surface area contributed by atoms with E-state index in [1.807, 2.05) is 13.0 Å². The fraction of sp³-hybridized carbons (Fsp3) is 0.154. The van der Waals surface area contributed by atoms with E-state index < -0.39 is 12.1 Å². The first-order valence-corrected chi connectivity index (χ1v) is 6.05. The minimum Gasteiger partial charge on any atom is -0.475 e. The fourth-order valence-electron chi connectivity index (χ4n) is 1.56. The van der Waals surface area contributed by atoms with Crippen molar-refractivity contribution in [2.45, 2.75) is 13.0 Å². The van der Waals surface area contributed by atoms with Crippen LogP contribution in [0.4, 0.5) is 0 Å². The topological polar surface area (TPSA) is 70.7 Å². The predicted molar refractivity (Wildman–Crippen MR) is 68.6 cm³/mol. The third-order valence-electron chi connectivity index (χ3n) is 2.62. The molecular formula is C13H11BrO4. The standard InChI is InChI=1S/C13H11BrO4/c1-7-2-3-8(6-9(7)14)12(15)10-4-5-11(18-10)13(16)17/h2-6,12,15H,1H3,(H,16,17). The maximum Gasteiger partial charge on any atom is 0.371 e. The molecule has 0 spiro atoms. The summed E-state index contributed by atoms with van der Waals surface area (Å²) in [5, 5.41) is 18.8. The molecule has 0 aliphatic rings. The number of rotatable bonds is 3. The van der Waals surface area contributed by atoms with Crippen LogP contribution in [-0.2, 0) is 0 Å². The van der Waals surface area contributed by atoms with Crippen molar-refractivity contribution in [3.63, 3.8) is 0 Å². The Hall–Kier alpha value is -1.59. The Bertz CT molecular complexity index is 588. The van der Waals surface area contributed by atoms with Crippen molar-refractivity contribution in [1.82, 2.24) is 0 Å². The molecule has 0 bridgehead atoms. The summed E-state index contributed by atoms with van der Waals surface area (Å²) < 4.78 is 5.95. The number of halogens is 1. The van der Waals surface area contributed by atoms with Crippen LogP contribution in [0.15, 0.2) is 39.2 Å². The molecule has 1 atom stereocenters. The van der Waals surface area contributed by atoms with Crippen LogP contribution in [0.25, 0.3) is 0 Å². The molecule has 94 valence electrons. The first kappa shape index (κ1) is 12.9. The number of furan rings is 1. The Morgan fingerprint density at radius 1 is 1.33 bits per heavy atom. The summed E-state index contributed by atoms with van der Waals surface area (Å²) in [7, 11) is 0. The molecule has 0 aliphatic heterocycles. The van der Waals surface area contributed by atoms with Crippen LogP contribution in [0.1, 0.15) is 33.5 Å². The summed E-state index contributed by atoms with van der Waals surface area (Å²) in [6, 6.07) is 8.20. The van der Waals surface area contributed by atoms with Gasteiger partial charge in [-0.3, -0.25) is 0 Å². The highest BCUT2D eigenvalue weighted by Crippen LogP contribution is 2.27. The van der Waals surface area contributed by atoms with Gasteiger partial charge in [0.15, 0.2) is 0 Å². The minimum atomic E-state index is -1.15. The second-order valence-electron chi connectivity index (χ2n) is 3.92. The number of aliphatic hydroxyl groups excluding tert-OH is 1. The van der Waals surface area contributed by atoms with Gasteiger partial charge in [0.2, 0.25) is 5.76 Å². The third-order valence-corrected chi connectivity index (χ3v) is 3.47. The molecule has 1 aromatic heterocycles. The van der Waals surface area contributed by atoms with E-state index >= 15 is 0 Å². The van der Waals surface area contributed by atoms with Crippen molar-refractivity contribution in [1.29, 1.82) is 0 Å². The second kappa shape index (κ2) is 4.96. The summed E-state index contributed by atoms with van der Waals surface area (Å²) in [6.45, 7) is 1.94. The van der Waals surface area contributed by atoms with Crippen molar-refractivity contribution in [2.24, 2.45) is 0 Å². The molecule has 2 rings (SSSR count). The normalized spacial score (nSPS) is 12.4. The van der Waals surface area contributed by atoms with Crippen molar-refractivity contribution in [2.75, 3.05) is 0 Å². The molecule has 1 unspecified atom stereocenters. The number of carboxylic acid groups (broad SMARTS) is 1. The lowest BCUT2D eigenvalue weighted by molar-refractivity contribution is 0.0655. The van der Waals surface area contributed by atoms with E-state index in [1.54, 1.807) is 12.1 Å². The van der Waals surface area contributed by atoms with Gasteiger partial charge < -0.3 is 14.6 Å². The van der Waals surface area contributed by atoms with Crippen LogP contribution < -0.4 is 0 Å². The SMILES string of the molecule is Cc1ccc(C(O)c2ccc(C(=O)O)o2)cc1Br. The molecular weight excluding hydrogens is 300 g/mol. The highest BCUT2D eigenvalue weighted by atomic mass is 79.9. The molecule has 1 aromatic carbocycles. The quantitative estimate of drug-likeness (QED) is 0.913. The summed E-state index contributed by atoms with van der Waals surface area (Å²) in [6.07, 6.45) is -0.977. The molecule has 0 fully saturated rings. The van der Waals surface area contributed by atoms with Gasteiger partial charge in [-0.15, -0.1) is 0 Å². The Kier molecular flexibility index (Phi) is 3.54. The molecule has 18 heavy (non-hydrogen) atoms. The average Bonchev–Trinajstić information content (AvgIpc) is 2.81. The molecule has 0 saturated carbocycles. The van der Waals surface area contributed by atoms with Crippen molar-refractivity contribution in [3.8, 4) is 0 Å². The minimum absolute atomic E-state index is 0.185. The van der Waals surface area contributed by atoms with Crippen LogP contribution in [0.3, 0.4) is 0 Å². The van der Waals surface area contributed by atoms with E-state index in [4.69, 9.17) is 9.52 Å². The van der Waals surface area contributed by atoms with Crippen LogP contribution in [0, 0.1) is 6.92 Å². The zero-order valence-corrected chi connectivity index (χ0v) is 11.1. The van der Waals surface area contributed by atoms with E-state index in [2.05, 4.69) is 15.9 Å². The van der Waals surface area contributed by atoms with E-state index in [0.717, 1.165) is 10.0 Å². The summed E-state index contributed by atoms with van der Waals surface area (Å²) >= 11 is 3.38. The largest absolute Gasteiger partial charge is 0.475 e. The van der Waals surface area contributed by atoms with Gasteiger partial charge in [-0.25, -0.2) is 4.79 Å². The maximum atomic E-state index is 10.7. The summed E-state index contributed by atoms with van der Waals surface area (Å²) in [5.74, 6) is -1.13. The zero-order chi connectivity index (χ0) is 13.3. The molecule has 4 nitrogen and oxygen atoms in total. The Labute approximate surface area is 112 Å². The van der Waals surface area contributed by atoms with Gasteiger partial charge in [0, 0.05) is 4.47 Å². The number of aliphatic hydroxyl groups is 1. The highest BCUT2D eigenvalue weighted by Gasteiger charge is 2.17. The van der Waals surface area contributed by atoms with Crippen molar-refractivity contribution in [3.05, 3.63) is 57.5 Å². The molecule has 2 N–H and O–H groups in total. The number of hydrogen-bond donors (Lipinski definition) is 2. The highest BCUT2D eigenvalue weighted by molar-refractivity contribution is 9.10. The van der Waals surface area contributed by atoms with Gasteiger partial charge in [0.1, 0.15) is 11.9 Å². The zero-order valence-electron chi connectivity index (χ0n) is 9.55. The average molecular weight is 311 g/mol. The van der Waals surface area contributed by atoms with Crippen LogP contribution in [0.5, 0.6) is 0 Å². The molecule has 0 amide bonds. The Balaban J connectivity index is 2.31. The molecule has 0 radical (unpaired) electrons. The van der Waals surface area contributed by atoms with E-state index in [1.165, 1.54) is 12.1 Å². The van der Waals surface area contributed by atoms with Crippen molar-refractivity contribution < 1.29 is 19.4 Å². The van der Waals surface area contributed by atoms with E-state index in [-0.39, 0.29) is 11.5 Å². The predicted octanol–water partition coefficient (Wildman–Crippen LogP) is 3.13. The lowest BCUT2D eigenvalue weighted by atomic mass is 10.1. The lowest BCUT2D eigenvalue weighted by Crippen LogP contribution is -1.99. The molecule has 0 aliphatic carbocycles. The van der Waals surface area contributed by atoms with Crippen molar-refractivity contribution >= 4 is 21.9 Å².